The number of hydrogen-bond acceptors (Lipinski definition) is 5. The number of methoxy groups -OCH3 is 1. The third-order valence-electron chi connectivity index (χ3n) is 1.75. The molecule has 0 bridgehead atoms. The summed E-state index contributed by atoms with van der Waals surface area (Å²) < 4.78 is 4.43. The molecule has 0 saturated carbocycles. The number of para-hydroxylation sites is 1. The molecular formula is C10H13N3O2. The van der Waals surface area contributed by atoms with Crippen molar-refractivity contribution in [1.29, 1.82) is 0 Å². The van der Waals surface area contributed by atoms with Crippen LogP contribution in [0, 0.1) is 0 Å². The van der Waals surface area contributed by atoms with Crippen molar-refractivity contribution in [1.82, 2.24) is 0 Å². The van der Waals surface area contributed by atoms with Gasteiger partial charge in [-0.15, -0.1) is 0 Å². The second-order valence-corrected chi connectivity index (χ2v) is 2.82. The smallest absolute Gasteiger partial charge is 0.355 e. The van der Waals surface area contributed by atoms with Crippen molar-refractivity contribution in [3.05, 3.63) is 42.2 Å². The van der Waals surface area contributed by atoms with Crippen LogP contribution >= 0.6 is 0 Å². The van der Waals surface area contributed by atoms with Crippen molar-refractivity contribution in [3.63, 3.8) is 0 Å². The van der Waals surface area contributed by atoms with E-state index in [4.69, 9.17) is 11.6 Å². The highest BCUT2D eigenvalue weighted by molar-refractivity contribution is 5.87. The highest BCUT2D eigenvalue weighted by Crippen LogP contribution is 2.09. The molecule has 4 N–H and O–H groups in total. The molecule has 1 aromatic rings. The van der Waals surface area contributed by atoms with Crippen LogP contribution in [0.15, 0.2) is 42.2 Å². The van der Waals surface area contributed by atoms with Gasteiger partial charge in [-0.3, -0.25) is 5.01 Å². The Balaban J connectivity index is 2.79. The third kappa shape index (κ3) is 2.99. The zero-order chi connectivity index (χ0) is 11.3. The maximum absolute atomic E-state index is 11.0. The fraction of sp³-hybridized carbons (Fsp3) is 0.100. The SMILES string of the molecule is COC(=O)/C(N)=C/N(N)c1ccccc1. The lowest BCUT2D eigenvalue weighted by molar-refractivity contribution is -0.136. The quantitative estimate of drug-likeness (QED) is 0.323. The second kappa shape index (κ2) is 5.02. The van der Waals surface area contributed by atoms with Crippen LogP contribution in [-0.4, -0.2) is 13.1 Å². The largest absolute Gasteiger partial charge is 0.464 e. The van der Waals surface area contributed by atoms with Crippen molar-refractivity contribution in [2.45, 2.75) is 0 Å². The zero-order valence-electron chi connectivity index (χ0n) is 8.38. The van der Waals surface area contributed by atoms with Crippen LogP contribution in [0.1, 0.15) is 0 Å². The van der Waals surface area contributed by atoms with Crippen molar-refractivity contribution in [2.75, 3.05) is 12.1 Å². The van der Waals surface area contributed by atoms with Gasteiger partial charge in [-0.2, -0.15) is 0 Å². The molecule has 0 aromatic heterocycles. The van der Waals surface area contributed by atoms with E-state index in [0.29, 0.717) is 0 Å². The summed E-state index contributed by atoms with van der Waals surface area (Å²) in [6.07, 6.45) is 1.31. The van der Waals surface area contributed by atoms with E-state index in [1.165, 1.54) is 18.3 Å². The number of rotatable bonds is 3. The lowest BCUT2D eigenvalue weighted by Gasteiger charge is -2.13. The van der Waals surface area contributed by atoms with E-state index in [1.54, 1.807) is 12.1 Å². The average molecular weight is 207 g/mol. The van der Waals surface area contributed by atoms with Gasteiger partial charge in [0.25, 0.3) is 0 Å². The second-order valence-electron chi connectivity index (χ2n) is 2.82. The molecule has 0 aliphatic carbocycles. The fourth-order valence-electron chi connectivity index (χ4n) is 0.995. The van der Waals surface area contributed by atoms with E-state index in [2.05, 4.69) is 4.74 Å². The van der Waals surface area contributed by atoms with Gasteiger partial charge in [0.05, 0.1) is 19.0 Å². The normalized spacial score (nSPS) is 10.9. The van der Waals surface area contributed by atoms with Crippen LogP contribution < -0.4 is 16.6 Å². The highest BCUT2D eigenvalue weighted by atomic mass is 16.5. The van der Waals surface area contributed by atoms with E-state index >= 15 is 0 Å². The van der Waals surface area contributed by atoms with Crippen molar-refractivity contribution >= 4 is 11.7 Å². The van der Waals surface area contributed by atoms with E-state index in [1.807, 2.05) is 18.2 Å². The van der Waals surface area contributed by atoms with Gasteiger partial charge in [0, 0.05) is 0 Å². The number of ether oxygens (including phenoxy) is 1. The predicted octanol–water partition coefficient (Wildman–Crippen LogP) is 0.340. The minimum atomic E-state index is -0.610. The first-order valence-electron chi connectivity index (χ1n) is 4.29. The Hall–Kier alpha value is -2.01. The van der Waals surface area contributed by atoms with Crippen molar-refractivity contribution in [3.8, 4) is 0 Å². The minimum absolute atomic E-state index is 0.0520. The lowest BCUT2D eigenvalue weighted by Crippen LogP contribution is -2.27. The van der Waals surface area contributed by atoms with Gasteiger partial charge in [0.15, 0.2) is 0 Å². The Morgan fingerprint density at radius 1 is 1.40 bits per heavy atom. The molecule has 5 heteroatoms. The summed E-state index contributed by atoms with van der Waals surface area (Å²) in [5, 5.41) is 1.26. The molecule has 0 aliphatic rings. The van der Waals surface area contributed by atoms with Crippen molar-refractivity contribution in [2.24, 2.45) is 11.6 Å². The first-order chi connectivity index (χ1) is 7.15. The molecule has 0 aliphatic heterocycles. The maximum atomic E-state index is 11.0. The number of anilines is 1. The summed E-state index contributed by atoms with van der Waals surface area (Å²) in [4.78, 5) is 11.0. The van der Waals surface area contributed by atoms with Crippen LogP contribution in [0.3, 0.4) is 0 Å². The van der Waals surface area contributed by atoms with Gasteiger partial charge in [0.2, 0.25) is 0 Å². The number of hydrogen-bond donors (Lipinski definition) is 2. The average Bonchev–Trinajstić information content (AvgIpc) is 2.29. The molecule has 0 spiro atoms. The lowest BCUT2D eigenvalue weighted by atomic mass is 10.3. The molecule has 1 rings (SSSR count). The first-order valence-corrected chi connectivity index (χ1v) is 4.29. The number of esters is 1. The maximum Gasteiger partial charge on any atom is 0.355 e. The van der Waals surface area contributed by atoms with Crippen LogP contribution in [-0.2, 0) is 9.53 Å². The van der Waals surface area contributed by atoms with Gasteiger partial charge >= 0.3 is 5.97 Å². The van der Waals surface area contributed by atoms with Crippen LogP contribution in [0.4, 0.5) is 5.69 Å². The molecule has 80 valence electrons. The van der Waals surface area contributed by atoms with Gasteiger partial charge in [0.1, 0.15) is 5.70 Å². The molecule has 1 aromatic carbocycles. The molecule has 0 unspecified atom stereocenters. The van der Waals surface area contributed by atoms with Crippen LogP contribution in [0.5, 0.6) is 0 Å². The molecule has 0 fully saturated rings. The number of benzene rings is 1. The molecular weight excluding hydrogens is 194 g/mol. The summed E-state index contributed by atoms with van der Waals surface area (Å²) in [6.45, 7) is 0. The van der Waals surface area contributed by atoms with E-state index in [-0.39, 0.29) is 5.70 Å². The molecule has 0 atom stereocenters. The summed E-state index contributed by atoms with van der Waals surface area (Å²) >= 11 is 0. The minimum Gasteiger partial charge on any atom is -0.464 e. The number of nitrogens with two attached hydrogens (primary N) is 2. The van der Waals surface area contributed by atoms with Crippen molar-refractivity contribution < 1.29 is 9.53 Å². The fourth-order valence-corrected chi connectivity index (χ4v) is 0.995. The van der Waals surface area contributed by atoms with Gasteiger partial charge < -0.3 is 10.5 Å². The van der Waals surface area contributed by atoms with E-state index in [0.717, 1.165) is 5.69 Å². The Bertz CT molecular complexity index is 362. The Kier molecular flexibility index (Phi) is 3.70. The molecule has 0 heterocycles. The summed E-state index contributed by atoms with van der Waals surface area (Å²) in [6, 6.07) is 9.11. The molecule has 0 radical (unpaired) electrons. The Morgan fingerprint density at radius 2 is 2.00 bits per heavy atom. The molecule has 0 amide bonds. The van der Waals surface area contributed by atoms with Crippen LogP contribution in [0.25, 0.3) is 0 Å². The predicted molar refractivity (Wildman–Crippen MR) is 57.4 cm³/mol. The first kappa shape index (κ1) is 11.1. The number of nitrogens with zero attached hydrogens (tertiary/aromatic N) is 1. The van der Waals surface area contributed by atoms with Gasteiger partial charge in [-0.05, 0) is 12.1 Å². The van der Waals surface area contributed by atoms with Crippen LogP contribution in [0.2, 0.25) is 0 Å². The number of hydrazine groups is 1. The van der Waals surface area contributed by atoms with E-state index in [9.17, 15) is 4.79 Å². The molecule has 15 heavy (non-hydrogen) atoms. The summed E-state index contributed by atoms with van der Waals surface area (Å²) in [5.74, 6) is 5.05. The highest BCUT2D eigenvalue weighted by Gasteiger charge is 2.06. The van der Waals surface area contributed by atoms with Gasteiger partial charge in [-0.25, -0.2) is 10.6 Å². The zero-order valence-corrected chi connectivity index (χ0v) is 8.38. The Labute approximate surface area is 87.9 Å². The standard InChI is InChI=1S/C10H13N3O2/c1-15-10(14)9(11)7-13(12)8-5-3-2-4-6-8/h2-7H,11-12H2,1H3/b9-7-. The third-order valence-corrected chi connectivity index (χ3v) is 1.75. The van der Waals surface area contributed by atoms with Gasteiger partial charge in [-0.1, -0.05) is 18.2 Å². The number of carbonyl (C=O) groups excluding carboxylic acids is 1. The topological polar surface area (TPSA) is 81.6 Å². The monoisotopic (exact) mass is 207 g/mol. The summed E-state index contributed by atoms with van der Waals surface area (Å²) in [5.41, 5.74) is 6.11. The Morgan fingerprint density at radius 3 is 2.53 bits per heavy atom. The number of carbonyl (C=O) groups is 1. The molecule has 0 saturated heterocycles. The molecule has 5 nitrogen and oxygen atoms in total. The van der Waals surface area contributed by atoms with E-state index < -0.39 is 5.97 Å². The summed E-state index contributed by atoms with van der Waals surface area (Å²) in [7, 11) is 1.26.